The maximum atomic E-state index is 6.75. The monoisotopic (exact) mass is 525 g/mol. The van der Waals surface area contributed by atoms with Crippen LogP contribution in [0.5, 0.6) is 0 Å². The van der Waals surface area contributed by atoms with Crippen LogP contribution >= 0.6 is 0 Å². The first-order valence-electron chi connectivity index (χ1n) is 7.17. The van der Waals surface area contributed by atoms with Gasteiger partial charge in [-0.2, -0.15) is 0 Å². The van der Waals surface area contributed by atoms with Crippen LogP contribution < -0.4 is 0 Å². The smallest absolute Gasteiger partial charge is 0.226 e. The van der Waals surface area contributed by atoms with E-state index in [9.17, 15) is 0 Å². The van der Waals surface area contributed by atoms with E-state index >= 15 is 0 Å². The molecule has 0 aliphatic heterocycles. The van der Waals surface area contributed by atoms with E-state index in [1.54, 1.807) is 0 Å². The summed E-state index contributed by atoms with van der Waals surface area (Å²) in [6.07, 6.45) is 0. The molecule has 122 valence electrons. The molecule has 0 bridgehead atoms. The van der Waals surface area contributed by atoms with Gasteiger partial charge in [0.25, 0.3) is 0 Å². The predicted octanol–water partition coefficient (Wildman–Crippen LogP) is 5.36. The second-order valence-electron chi connectivity index (χ2n) is 8.46. The van der Waals surface area contributed by atoms with E-state index in [1.165, 1.54) is 0 Å². The Labute approximate surface area is 145 Å². The summed E-state index contributed by atoms with van der Waals surface area (Å²) in [4.78, 5) is 0.847. The standard InChI is InChI=1S/C14H34OSi4.Pt/c1-12-19(11,13-2)15-18(9,10)14(16(3,4)5)17(6,7)8;/h12-14H,1-2H2,3-11H3;. The zero-order valence-electron chi connectivity index (χ0n) is 14.9. The first kappa shape index (κ1) is 23.3. The maximum absolute atomic E-state index is 6.75. The van der Waals surface area contributed by atoms with Crippen molar-refractivity contribution in [2.24, 2.45) is 0 Å². The van der Waals surface area contributed by atoms with Gasteiger partial charge in [-0.3, -0.25) is 0 Å². The molecule has 0 aliphatic carbocycles. The van der Waals surface area contributed by atoms with Crippen molar-refractivity contribution in [2.45, 2.75) is 63.7 Å². The molecule has 0 unspecified atom stereocenters. The number of rotatable bonds is 7. The molecule has 0 radical (unpaired) electrons. The van der Waals surface area contributed by atoms with Gasteiger partial charge in [-0.1, -0.05) is 50.7 Å². The summed E-state index contributed by atoms with van der Waals surface area (Å²) in [6, 6.07) is 0. The number of hydrogen-bond donors (Lipinski definition) is 0. The Kier molecular flexibility index (Phi) is 8.74. The minimum atomic E-state index is -1.92. The molecule has 6 heteroatoms. The molecule has 0 aromatic carbocycles. The van der Waals surface area contributed by atoms with E-state index in [0.717, 1.165) is 4.79 Å². The summed E-state index contributed by atoms with van der Waals surface area (Å²) in [7, 11) is -6.12. The molecule has 0 N–H and O–H groups in total. The molecule has 0 atom stereocenters. The molecule has 0 rings (SSSR count). The van der Waals surface area contributed by atoms with E-state index in [0.29, 0.717) is 0 Å². The second kappa shape index (κ2) is 7.51. The van der Waals surface area contributed by atoms with Gasteiger partial charge in [-0.15, -0.1) is 13.2 Å². The van der Waals surface area contributed by atoms with Crippen LogP contribution in [0.25, 0.3) is 0 Å². The van der Waals surface area contributed by atoms with Crippen LogP contribution in [0.3, 0.4) is 0 Å². The Balaban J connectivity index is 0. The van der Waals surface area contributed by atoms with Crippen LogP contribution in [0, 0.1) is 0 Å². The quantitative estimate of drug-likeness (QED) is 0.407. The van der Waals surface area contributed by atoms with Gasteiger partial charge in [-0.25, -0.2) is 0 Å². The van der Waals surface area contributed by atoms with Gasteiger partial charge < -0.3 is 4.12 Å². The van der Waals surface area contributed by atoms with E-state index in [1.807, 2.05) is 11.4 Å². The molecule has 0 saturated heterocycles. The maximum Gasteiger partial charge on any atom is 0.226 e. The number of hydrogen-bond acceptors (Lipinski definition) is 1. The van der Waals surface area contributed by atoms with E-state index in [-0.39, 0.29) is 21.1 Å². The molecule has 0 amide bonds. The van der Waals surface area contributed by atoms with Crippen molar-refractivity contribution in [3.63, 3.8) is 0 Å². The van der Waals surface area contributed by atoms with Crippen LogP contribution in [0.1, 0.15) is 0 Å². The minimum absolute atomic E-state index is 0. The van der Waals surface area contributed by atoms with Crippen LogP contribution in [-0.2, 0) is 25.2 Å². The summed E-state index contributed by atoms with van der Waals surface area (Å²) in [5.74, 6) is 0. The third-order valence-corrected chi connectivity index (χ3v) is 28.6. The molecule has 0 heterocycles. The zero-order chi connectivity index (χ0) is 15.7. The molecule has 0 aromatic heterocycles. The normalized spacial score (nSPS) is 13.9. The predicted molar refractivity (Wildman–Crippen MR) is 101 cm³/mol. The van der Waals surface area contributed by atoms with Gasteiger partial charge in [0.15, 0.2) is 8.32 Å². The van der Waals surface area contributed by atoms with Gasteiger partial charge in [-0.05, 0) is 24.4 Å². The summed E-state index contributed by atoms with van der Waals surface area (Å²) < 4.78 is 6.75. The van der Waals surface area contributed by atoms with Crippen LogP contribution in [0.15, 0.2) is 24.6 Å². The average molecular weight is 526 g/mol. The first-order valence-corrected chi connectivity index (χ1v) is 19.9. The molecule has 1 nitrogen and oxygen atoms in total. The van der Waals surface area contributed by atoms with Crippen LogP contribution in [0.2, 0.25) is 63.7 Å². The van der Waals surface area contributed by atoms with Crippen molar-refractivity contribution in [2.75, 3.05) is 0 Å². The zero-order valence-corrected chi connectivity index (χ0v) is 21.1. The fourth-order valence-electron chi connectivity index (χ4n) is 4.18. The van der Waals surface area contributed by atoms with Gasteiger partial charge in [0.05, 0.1) is 0 Å². The van der Waals surface area contributed by atoms with Crippen molar-refractivity contribution >= 4 is 32.8 Å². The molecule has 20 heavy (non-hydrogen) atoms. The third-order valence-electron chi connectivity index (χ3n) is 3.72. The second-order valence-corrected chi connectivity index (χ2v) is 28.6. The molecular formula is C14H34OPtSi4. The van der Waals surface area contributed by atoms with E-state index < -0.39 is 32.8 Å². The Hall–Kier alpha value is 0.996. The van der Waals surface area contributed by atoms with Gasteiger partial charge in [0.2, 0.25) is 8.32 Å². The van der Waals surface area contributed by atoms with Gasteiger partial charge >= 0.3 is 0 Å². The van der Waals surface area contributed by atoms with E-state index in [2.05, 4.69) is 72.1 Å². The molecule has 0 aromatic rings. The van der Waals surface area contributed by atoms with Crippen LogP contribution in [0.4, 0.5) is 0 Å². The molecular weight excluding hydrogens is 492 g/mol. The summed E-state index contributed by atoms with van der Waals surface area (Å²) in [5, 5.41) is 0. The third kappa shape index (κ3) is 6.40. The van der Waals surface area contributed by atoms with Crippen LogP contribution in [-0.4, -0.2) is 32.8 Å². The fourth-order valence-corrected chi connectivity index (χ4v) is 38.2. The van der Waals surface area contributed by atoms with Gasteiger partial charge in [0.1, 0.15) is 0 Å². The Bertz CT molecular complexity index is 320. The molecule has 0 fully saturated rings. The van der Waals surface area contributed by atoms with Crippen molar-refractivity contribution < 1.29 is 25.2 Å². The topological polar surface area (TPSA) is 9.23 Å². The van der Waals surface area contributed by atoms with E-state index in [4.69, 9.17) is 4.12 Å². The summed E-state index contributed by atoms with van der Waals surface area (Å²) in [6.45, 7) is 30.1. The van der Waals surface area contributed by atoms with Gasteiger partial charge in [0, 0.05) is 37.2 Å². The Morgan fingerprint density at radius 1 is 0.750 bits per heavy atom. The minimum Gasteiger partial charge on any atom is -0.450 e. The van der Waals surface area contributed by atoms with Crippen molar-refractivity contribution in [1.82, 2.24) is 0 Å². The molecule has 0 aliphatic rings. The average Bonchev–Trinajstić information content (AvgIpc) is 2.10. The van der Waals surface area contributed by atoms with Crippen molar-refractivity contribution in [3.8, 4) is 0 Å². The SMILES string of the molecule is C=C[Si](C)(C=C)O[Si](C)(C)C([Si](C)(C)C)[Si](C)(C)C.[Pt]. The molecule has 0 spiro atoms. The van der Waals surface area contributed by atoms with Crippen molar-refractivity contribution in [1.29, 1.82) is 0 Å². The Morgan fingerprint density at radius 3 is 1.25 bits per heavy atom. The van der Waals surface area contributed by atoms with Crippen molar-refractivity contribution in [3.05, 3.63) is 24.6 Å². The molecule has 0 saturated carbocycles. The fraction of sp³-hybridized carbons (Fsp3) is 0.714. The summed E-state index contributed by atoms with van der Waals surface area (Å²) >= 11 is 0. The first-order chi connectivity index (χ1) is 8.19. The largest absolute Gasteiger partial charge is 0.450 e. The Morgan fingerprint density at radius 2 is 1.05 bits per heavy atom. The summed E-state index contributed by atoms with van der Waals surface area (Å²) in [5.41, 5.74) is 4.06.